The van der Waals surface area contributed by atoms with E-state index in [0.717, 1.165) is 6.42 Å². The van der Waals surface area contributed by atoms with Crippen molar-refractivity contribution in [3.05, 3.63) is 0 Å². The molecule has 1 fully saturated rings. The Morgan fingerprint density at radius 2 is 1.93 bits per heavy atom. The Morgan fingerprint density at radius 1 is 1.36 bits per heavy atom. The zero-order valence-corrected chi connectivity index (χ0v) is 10.3. The number of hydrogen-bond donors (Lipinski definition) is 0. The van der Waals surface area contributed by atoms with E-state index in [-0.39, 0.29) is 5.60 Å². The van der Waals surface area contributed by atoms with E-state index in [0.29, 0.717) is 24.0 Å². The van der Waals surface area contributed by atoms with Gasteiger partial charge in [-0.1, -0.05) is 20.8 Å². The van der Waals surface area contributed by atoms with Crippen molar-refractivity contribution >= 4 is 0 Å². The second kappa shape index (κ2) is 4.19. The number of rotatable bonds is 2. The van der Waals surface area contributed by atoms with E-state index in [2.05, 4.69) is 34.6 Å². The van der Waals surface area contributed by atoms with Crippen molar-refractivity contribution in [2.45, 2.75) is 58.8 Å². The summed E-state index contributed by atoms with van der Waals surface area (Å²) in [5.74, 6) is 1.03. The summed E-state index contributed by atoms with van der Waals surface area (Å²) in [5.41, 5.74) is -0.0212. The van der Waals surface area contributed by atoms with Gasteiger partial charge in [-0.05, 0) is 19.8 Å². The highest BCUT2D eigenvalue weighted by Crippen LogP contribution is 2.38. The maximum absolute atomic E-state index is 5.98. The zero-order valence-electron chi connectivity index (χ0n) is 10.3. The highest BCUT2D eigenvalue weighted by Gasteiger charge is 2.43. The van der Waals surface area contributed by atoms with Gasteiger partial charge in [-0.3, -0.25) is 0 Å². The van der Waals surface area contributed by atoms with E-state index >= 15 is 0 Å². The molecule has 0 bridgehead atoms. The first-order chi connectivity index (χ1) is 6.40. The molecule has 84 valence electrons. The standard InChI is InChI=1S/C12H24O2/c1-8(2)11-7-12(5,13-6)9(3)10(4)14-11/h8-11H,7H2,1-6H3/t9-,10+,11-,12-/m1/s1. The SMILES string of the molecule is CO[C@]1(C)C[C@H](C(C)C)O[C@@H](C)[C@H]1C. The average molecular weight is 200 g/mol. The largest absolute Gasteiger partial charge is 0.378 e. The average Bonchev–Trinajstić information content (AvgIpc) is 2.13. The Labute approximate surface area is 88.0 Å². The van der Waals surface area contributed by atoms with Gasteiger partial charge in [-0.25, -0.2) is 0 Å². The summed E-state index contributed by atoms with van der Waals surface area (Å²) in [7, 11) is 1.81. The summed E-state index contributed by atoms with van der Waals surface area (Å²) >= 11 is 0. The summed E-state index contributed by atoms with van der Waals surface area (Å²) in [6.45, 7) is 11.0. The molecule has 1 aliphatic heterocycles. The molecule has 0 aromatic heterocycles. The highest BCUT2D eigenvalue weighted by atomic mass is 16.5. The lowest BCUT2D eigenvalue weighted by atomic mass is 9.77. The Hall–Kier alpha value is -0.0800. The molecule has 2 heteroatoms. The lowest BCUT2D eigenvalue weighted by molar-refractivity contribution is -0.190. The van der Waals surface area contributed by atoms with Crippen LogP contribution in [0.3, 0.4) is 0 Å². The fraction of sp³-hybridized carbons (Fsp3) is 1.00. The quantitative estimate of drug-likeness (QED) is 0.682. The molecule has 1 rings (SSSR count). The second-order valence-electron chi connectivity index (χ2n) is 5.13. The summed E-state index contributed by atoms with van der Waals surface area (Å²) in [5, 5.41) is 0. The van der Waals surface area contributed by atoms with Gasteiger partial charge in [0, 0.05) is 19.4 Å². The van der Waals surface area contributed by atoms with E-state index in [1.165, 1.54) is 0 Å². The molecule has 0 radical (unpaired) electrons. The maximum Gasteiger partial charge on any atom is 0.0725 e. The molecule has 1 aliphatic rings. The minimum absolute atomic E-state index is 0.0212. The molecule has 0 aromatic rings. The normalized spacial score (nSPS) is 44.4. The Bertz CT molecular complexity index is 191. The highest BCUT2D eigenvalue weighted by molar-refractivity contribution is 4.92. The van der Waals surface area contributed by atoms with Gasteiger partial charge in [-0.15, -0.1) is 0 Å². The van der Waals surface area contributed by atoms with Gasteiger partial charge in [0.1, 0.15) is 0 Å². The summed E-state index contributed by atoms with van der Waals surface area (Å²) in [4.78, 5) is 0. The van der Waals surface area contributed by atoms with Crippen LogP contribution in [0.25, 0.3) is 0 Å². The predicted octanol–water partition coefficient (Wildman–Crippen LogP) is 2.86. The summed E-state index contributed by atoms with van der Waals surface area (Å²) in [6.07, 6.45) is 1.64. The Balaban J connectivity index is 2.76. The maximum atomic E-state index is 5.98. The van der Waals surface area contributed by atoms with Gasteiger partial charge in [0.15, 0.2) is 0 Å². The van der Waals surface area contributed by atoms with Crippen LogP contribution in [0.2, 0.25) is 0 Å². The minimum Gasteiger partial charge on any atom is -0.378 e. The predicted molar refractivity (Wildman–Crippen MR) is 58.4 cm³/mol. The first-order valence-corrected chi connectivity index (χ1v) is 5.61. The molecule has 4 atom stereocenters. The first-order valence-electron chi connectivity index (χ1n) is 5.61. The van der Waals surface area contributed by atoms with Crippen molar-refractivity contribution in [3.63, 3.8) is 0 Å². The van der Waals surface area contributed by atoms with Crippen molar-refractivity contribution in [1.29, 1.82) is 0 Å². The van der Waals surface area contributed by atoms with Crippen LogP contribution in [-0.2, 0) is 9.47 Å². The molecular weight excluding hydrogens is 176 g/mol. The molecule has 2 nitrogen and oxygen atoms in total. The lowest BCUT2D eigenvalue weighted by Gasteiger charge is -2.47. The van der Waals surface area contributed by atoms with Gasteiger partial charge < -0.3 is 9.47 Å². The van der Waals surface area contributed by atoms with Crippen molar-refractivity contribution in [1.82, 2.24) is 0 Å². The van der Waals surface area contributed by atoms with Crippen molar-refractivity contribution in [2.75, 3.05) is 7.11 Å². The van der Waals surface area contributed by atoms with Crippen LogP contribution >= 0.6 is 0 Å². The first kappa shape index (κ1) is 12.0. The van der Waals surface area contributed by atoms with Crippen LogP contribution in [0.15, 0.2) is 0 Å². The van der Waals surface area contributed by atoms with Gasteiger partial charge in [0.25, 0.3) is 0 Å². The van der Waals surface area contributed by atoms with Crippen LogP contribution < -0.4 is 0 Å². The van der Waals surface area contributed by atoms with Crippen LogP contribution in [0.1, 0.15) is 41.0 Å². The molecule has 0 N–H and O–H groups in total. The molecule has 14 heavy (non-hydrogen) atoms. The van der Waals surface area contributed by atoms with Gasteiger partial charge >= 0.3 is 0 Å². The van der Waals surface area contributed by atoms with E-state index in [1.807, 2.05) is 7.11 Å². The van der Waals surface area contributed by atoms with E-state index in [9.17, 15) is 0 Å². The zero-order chi connectivity index (χ0) is 10.9. The van der Waals surface area contributed by atoms with Crippen molar-refractivity contribution < 1.29 is 9.47 Å². The fourth-order valence-electron chi connectivity index (χ4n) is 2.19. The fourth-order valence-corrected chi connectivity index (χ4v) is 2.19. The monoisotopic (exact) mass is 200 g/mol. The molecular formula is C12H24O2. The lowest BCUT2D eigenvalue weighted by Crippen LogP contribution is -2.51. The number of hydrogen-bond acceptors (Lipinski definition) is 2. The van der Waals surface area contributed by atoms with Gasteiger partial charge in [0.05, 0.1) is 17.8 Å². The third-order valence-corrected chi connectivity index (χ3v) is 3.87. The van der Waals surface area contributed by atoms with Gasteiger partial charge in [0.2, 0.25) is 0 Å². The van der Waals surface area contributed by atoms with E-state index < -0.39 is 0 Å². The molecule has 0 saturated carbocycles. The molecule has 0 aromatic carbocycles. The topological polar surface area (TPSA) is 18.5 Å². The van der Waals surface area contributed by atoms with Crippen molar-refractivity contribution in [2.24, 2.45) is 11.8 Å². The molecule has 0 amide bonds. The van der Waals surface area contributed by atoms with Crippen LogP contribution in [0, 0.1) is 11.8 Å². The summed E-state index contributed by atoms with van der Waals surface area (Å²) < 4.78 is 11.6. The van der Waals surface area contributed by atoms with Crippen LogP contribution in [0.4, 0.5) is 0 Å². The molecule has 0 aliphatic carbocycles. The molecule has 1 heterocycles. The number of ether oxygens (including phenoxy) is 2. The van der Waals surface area contributed by atoms with E-state index in [4.69, 9.17) is 9.47 Å². The minimum atomic E-state index is -0.0212. The smallest absolute Gasteiger partial charge is 0.0725 e. The Kier molecular flexibility index (Phi) is 3.59. The molecule has 1 saturated heterocycles. The third-order valence-electron chi connectivity index (χ3n) is 3.87. The molecule has 0 unspecified atom stereocenters. The van der Waals surface area contributed by atoms with Crippen molar-refractivity contribution in [3.8, 4) is 0 Å². The Morgan fingerprint density at radius 3 is 2.36 bits per heavy atom. The third kappa shape index (κ3) is 2.12. The summed E-state index contributed by atoms with van der Waals surface area (Å²) in [6, 6.07) is 0. The second-order valence-corrected chi connectivity index (χ2v) is 5.13. The van der Waals surface area contributed by atoms with Crippen LogP contribution in [-0.4, -0.2) is 24.9 Å². The van der Waals surface area contributed by atoms with E-state index in [1.54, 1.807) is 0 Å². The number of methoxy groups -OCH3 is 1. The van der Waals surface area contributed by atoms with Crippen LogP contribution in [0.5, 0.6) is 0 Å². The molecule has 0 spiro atoms. The van der Waals surface area contributed by atoms with Gasteiger partial charge in [-0.2, -0.15) is 0 Å².